The third-order valence-corrected chi connectivity index (χ3v) is 8.90. The van der Waals surface area contributed by atoms with E-state index in [4.69, 9.17) is 9.05 Å². The zero-order chi connectivity index (χ0) is 37.7. The summed E-state index contributed by atoms with van der Waals surface area (Å²) in [7, 11) is -4.52. The molecule has 0 heterocycles. The van der Waals surface area contributed by atoms with Crippen molar-refractivity contribution in [3.8, 4) is 0 Å². The highest BCUT2D eigenvalue weighted by Crippen LogP contribution is 2.48. The Morgan fingerprint density at radius 1 is 0.720 bits per heavy atom. The molecule has 2 atom stereocenters. The predicted octanol–water partition coefficient (Wildman–Crippen LogP) is -1.16. The highest BCUT2D eigenvalue weighted by Gasteiger charge is 2.33. The lowest BCUT2D eigenvalue weighted by molar-refractivity contribution is -0.125. The number of hydrogen-bond acceptors (Lipinski definition) is 11. The van der Waals surface area contributed by atoms with Gasteiger partial charge in [0.2, 0.25) is 35.4 Å². The molecule has 1 rings (SSSR count). The first-order valence-corrected chi connectivity index (χ1v) is 18.5. The van der Waals surface area contributed by atoms with Gasteiger partial charge < -0.3 is 36.8 Å². The summed E-state index contributed by atoms with van der Waals surface area (Å²) in [5.41, 5.74) is 0.120. The van der Waals surface area contributed by atoms with Crippen LogP contribution in [-0.2, 0) is 42.4 Å². The second kappa shape index (κ2) is 23.3. The molecule has 0 aromatic rings. The van der Waals surface area contributed by atoms with E-state index >= 15 is 0 Å². The lowest BCUT2D eigenvalue weighted by Gasteiger charge is -2.34. The highest BCUT2D eigenvalue weighted by atomic mass is 31.2. The van der Waals surface area contributed by atoms with Gasteiger partial charge in [0.05, 0.1) is 31.8 Å². The van der Waals surface area contributed by atoms with Crippen molar-refractivity contribution in [2.45, 2.75) is 79.4 Å². The quantitative estimate of drug-likeness (QED) is 0.0582. The number of phosphoric ester groups is 1. The maximum Gasteiger partial charge on any atom is 0.472 e. The van der Waals surface area contributed by atoms with Crippen molar-refractivity contribution in [2.24, 2.45) is 5.41 Å². The number of amides is 6. The van der Waals surface area contributed by atoms with E-state index in [1.165, 1.54) is 27.7 Å². The lowest BCUT2D eigenvalue weighted by atomic mass is 9.76. The summed E-state index contributed by atoms with van der Waals surface area (Å²) in [5, 5.41) is 16.1. The van der Waals surface area contributed by atoms with Crippen LogP contribution in [0.2, 0.25) is 0 Å². The first kappa shape index (κ1) is 44.9. The molecular formula is C31H59N8O10P. The van der Waals surface area contributed by atoms with Gasteiger partial charge in [-0.1, -0.05) is 13.8 Å². The minimum atomic E-state index is -4.52. The number of carbonyl (C=O) groups excluding carboxylic acids is 6. The summed E-state index contributed by atoms with van der Waals surface area (Å²) in [6.45, 7) is 11.2. The Bertz CT molecular complexity index is 1120. The Kier molecular flexibility index (Phi) is 21.0. The summed E-state index contributed by atoms with van der Waals surface area (Å²) in [6, 6.07) is -0.944. The molecule has 1 fully saturated rings. The fourth-order valence-corrected chi connectivity index (χ4v) is 6.12. The molecule has 288 valence electrons. The Balaban J connectivity index is 2.95. The number of rotatable bonds is 24. The maximum atomic E-state index is 13.2. The normalized spacial score (nSPS) is 16.2. The molecule has 1 saturated carbocycles. The molecule has 0 aliphatic heterocycles. The molecule has 0 aromatic carbocycles. The van der Waals surface area contributed by atoms with Crippen molar-refractivity contribution < 1.29 is 47.3 Å². The van der Waals surface area contributed by atoms with Gasteiger partial charge in [-0.3, -0.25) is 47.6 Å². The van der Waals surface area contributed by atoms with Crippen molar-refractivity contribution in [3.05, 3.63) is 0 Å². The molecule has 6 amide bonds. The Hall–Kier alpha value is -3.15. The molecule has 1 unspecified atom stereocenters. The maximum absolute atomic E-state index is 13.2. The Labute approximate surface area is 295 Å². The zero-order valence-corrected chi connectivity index (χ0v) is 31.3. The number of phosphoric acid groups is 1. The number of carbonyl (C=O) groups is 6. The smallest absolute Gasteiger partial charge is 0.355 e. The van der Waals surface area contributed by atoms with Crippen molar-refractivity contribution in [3.63, 3.8) is 0 Å². The van der Waals surface area contributed by atoms with Gasteiger partial charge in [0.15, 0.2) is 0 Å². The van der Waals surface area contributed by atoms with Crippen LogP contribution in [0, 0.1) is 5.41 Å². The highest BCUT2D eigenvalue weighted by molar-refractivity contribution is 7.47. The fraction of sp³-hybridized carbons (Fsp3) is 0.806. The van der Waals surface area contributed by atoms with E-state index in [1.807, 2.05) is 0 Å². The number of hydrogen-bond donors (Lipinski definition) is 7. The number of nitrogens with zero attached hydrogens (tertiary/aromatic N) is 2. The first-order valence-electron chi connectivity index (χ1n) is 17.0. The second-order valence-corrected chi connectivity index (χ2v) is 14.7. The van der Waals surface area contributed by atoms with Gasteiger partial charge in [0, 0.05) is 86.6 Å². The lowest BCUT2D eigenvalue weighted by Crippen LogP contribution is -2.51. The third-order valence-electron chi connectivity index (χ3n) is 7.86. The van der Waals surface area contributed by atoms with Gasteiger partial charge in [-0.15, -0.1) is 0 Å². The molecule has 18 nitrogen and oxygen atoms in total. The molecule has 7 N–H and O–H groups in total. The van der Waals surface area contributed by atoms with Crippen LogP contribution in [0.15, 0.2) is 0 Å². The molecule has 50 heavy (non-hydrogen) atoms. The van der Waals surface area contributed by atoms with Crippen molar-refractivity contribution >= 4 is 43.3 Å². The van der Waals surface area contributed by atoms with Gasteiger partial charge in [-0.2, -0.15) is 0 Å². The molecule has 0 aromatic heterocycles. The van der Waals surface area contributed by atoms with E-state index in [-0.39, 0.29) is 74.9 Å². The Morgan fingerprint density at radius 3 is 1.52 bits per heavy atom. The summed E-state index contributed by atoms with van der Waals surface area (Å²) < 4.78 is 23.7. The Morgan fingerprint density at radius 2 is 1.12 bits per heavy atom. The van der Waals surface area contributed by atoms with E-state index in [1.54, 1.807) is 9.80 Å². The van der Waals surface area contributed by atoms with Gasteiger partial charge >= 0.3 is 7.82 Å². The fourth-order valence-electron chi connectivity index (χ4n) is 5.11. The van der Waals surface area contributed by atoms with Crippen molar-refractivity contribution in [1.29, 1.82) is 0 Å². The minimum Gasteiger partial charge on any atom is -0.355 e. The van der Waals surface area contributed by atoms with Gasteiger partial charge in [0.25, 0.3) is 0 Å². The second-order valence-electron chi connectivity index (χ2n) is 13.3. The van der Waals surface area contributed by atoms with Gasteiger partial charge in [0.1, 0.15) is 0 Å². The van der Waals surface area contributed by atoms with Crippen LogP contribution < -0.4 is 31.9 Å². The van der Waals surface area contributed by atoms with E-state index in [2.05, 4.69) is 45.7 Å². The van der Waals surface area contributed by atoms with Crippen molar-refractivity contribution in [1.82, 2.24) is 41.7 Å². The minimum absolute atomic E-state index is 0.0968. The van der Waals surface area contributed by atoms with Crippen LogP contribution in [0.5, 0.6) is 0 Å². The van der Waals surface area contributed by atoms with Crippen LogP contribution in [0.3, 0.4) is 0 Å². The third kappa shape index (κ3) is 23.3. The predicted molar refractivity (Wildman–Crippen MR) is 185 cm³/mol. The zero-order valence-electron chi connectivity index (χ0n) is 30.4. The van der Waals surface area contributed by atoms with Crippen LogP contribution in [0.4, 0.5) is 0 Å². The summed E-state index contributed by atoms with van der Waals surface area (Å²) in [5.74, 6) is -1.85. The van der Waals surface area contributed by atoms with Gasteiger partial charge in [-0.05, 0) is 31.1 Å². The standard InChI is InChI=1S/C31H59N8O10P/c1-23(40)32-11-15-38(16-12-33-24(2)41)20-29(44)36-19-27(22-48-50(46,47)49-28-7-9-31(5,6)10-8-28)37-30(45)21-39(17-13-34-25(3)42)18-14-35-26(4)43/h27-28H,7-22H2,1-6H3,(H,32,40)(H,33,41)(H,34,42)(H,35,43)(H,36,44)(H,37,45)(H,46,47)/t27-/m1/s1. The summed E-state index contributed by atoms with van der Waals surface area (Å²) >= 11 is 0. The largest absolute Gasteiger partial charge is 0.472 e. The molecule has 1 aliphatic rings. The average Bonchev–Trinajstić information content (AvgIpc) is 2.98. The molecule has 0 bridgehead atoms. The number of nitrogens with one attached hydrogen (secondary N) is 6. The molecule has 0 spiro atoms. The van der Waals surface area contributed by atoms with E-state index in [0.717, 1.165) is 12.8 Å². The van der Waals surface area contributed by atoms with Crippen LogP contribution >= 0.6 is 7.82 Å². The van der Waals surface area contributed by atoms with Crippen LogP contribution in [-0.4, -0.2) is 141 Å². The molecule has 0 radical (unpaired) electrons. The molecule has 19 heteroatoms. The molecule has 0 saturated heterocycles. The van der Waals surface area contributed by atoms with Crippen LogP contribution in [0.1, 0.15) is 67.2 Å². The van der Waals surface area contributed by atoms with E-state index in [9.17, 15) is 38.2 Å². The monoisotopic (exact) mass is 734 g/mol. The molecular weight excluding hydrogens is 675 g/mol. The average molecular weight is 735 g/mol. The van der Waals surface area contributed by atoms with E-state index < -0.39 is 38.4 Å². The van der Waals surface area contributed by atoms with Crippen molar-refractivity contribution in [2.75, 3.05) is 78.6 Å². The SMILES string of the molecule is CC(=O)NCCN(CCNC(C)=O)CC(=O)NC[C@H](COP(=O)(O)OC1CCC(C)(C)CC1)NC(=O)CN(CCNC(C)=O)CCNC(C)=O. The first-order chi connectivity index (χ1) is 23.4. The molecule has 1 aliphatic carbocycles. The summed E-state index contributed by atoms with van der Waals surface area (Å²) in [4.78, 5) is 85.5. The van der Waals surface area contributed by atoms with Gasteiger partial charge in [-0.25, -0.2) is 4.57 Å². The summed E-state index contributed by atoms with van der Waals surface area (Å²) in [6.07, 6.45) is 2.41. The van der Waals surface area contributed by atoms with Crippen LogP contribution in [0.25, 0.3) is 0 Å². The van der Waals surface area contributed by atoms with E-state index in [0.29, 0.717) is 39.0 Å². The topological polar surface area (TPSA) is 237 Å².